The number of hydrogen-bond donors (Lipinski definition) is 1. The lowest BCUT2D eigenvalue weighted by Gasteiger charge is -2.22. The Balaban J connectivity index is 0.000000472. The third-order valence-corrected chi connectivity index (χ3v) is 2.64. The smallest absolute Gasteiger partial charge is 0.202 e. The van der Waals surface area contributed by atoms with Gasteiger partial charge in [0.05, 0.1) is 17.6 Å². The number of hydrogen-bond acceptors (Lipinski definition) is 6. The fourth-order valence-corrected chi connectivity index (χ4v) is 1.43. The molecule has 0 atom stereocenters. The minimum Gasteiger partial charge on any atom is -0.545 e. The average molecular weight is 315 g/mol. The minimum atomic E-state index is -1.81. The van der Waals surface area contributed by atoms with Gasteiger partial charge in [-0.1, -0.05) is 6.58 Å². The Labute approximate surface area is 125 Å². The molecular weight excluding hydrogens is 300 g/mol. The molecule has 0 unspecified atom stereocenters. The first-order chi connectivity index (χ1) is 10.2. The number of benzene rings is 1. The molecule has 1 N–H and O–H groups in total. The van der Waals surface area contributed by atoms with E-state index in [2.05, 4.69) is 6.58 Å². The first-order valence-electron chi connectivity index (χ1n) is 6.20. The second-order valence-electron chi connectivity index (χ2n) is 3.95. The van der Waals surface area contributed by atoms with Crippen LogP contribution in [0.1, 0.15) is 13.8 Å². The van der Waals surface area contributed by atoms with Crippen molar-refractivity contribution in [1.82, 2.24) is 0 Å². The summed E-state index contributed by atoms with van der Waals surface area (Å²) in [4.78, 5) is 20.8. The van der Waals surface area contributed by atoms with Crippen molar-refractivity contribution in [3.05, 3.63) is 35.9 Å². The molecule has 0 aliphatic carbocycles. The summed E-state index contributed by atoms with van der Waals surface area (Å²) in [5.41, 5.74) is -0.709. The van der Waals surface area contributed by atoms with Crippen LogP contribution < -0.4 is 15.1 Å². The summed E-state index contributed by atoms with van der Waals surface area (Å²) in [6, 6.07) is 2.39. The van der Waals surface area contributed by atoms with Gasteiger partial charge in [0.1, 0.15) is 0 Å². The Hall–Kier alpha value is -2.64. The van der Waals surface area contributed by atoms with Crippen molar-refractivity contribution in [3.63, 3.8) is 0 Å². The largest absolute Gasteiger partial charge is 0.545 e. The molecule has 8 heteroatoms. The molecule has 1 aromatic carbocycles. The molecule has 0 aliphatic heterocycles. The number of carboxylic acids is 2. The number of phenolic OH excluding ortho intramolecular Hbond substituents is 1. The third-order valence-electron chi connectivity index (χ3n) is 2.64. The molecular formula is C14H15F2NO5-2. The van der Waals surface area contributed by atoms with Crippen molar-refractivity contribution in [2.24, 2.45) is 0 Å². The molecule has 0 heterocycles. The standard InChI is InChI=1S/C10H13F2NO.C4H4O4/c1-3-13(4-2)8-6-5-7(11)9(12)10(8)14;1-2(3(5)6)4(7)8/h5-6,14H,3-4H2,1-2H3;1H2,(H,5,6)(H,7,8)/p-2. The Morgan fingerprint density at radius 3 is 1.95 bits per heavy atom. The molecule has 122 valence electrons. The van der Waals surface area contributed by atoms with Crippen LogP contribution in [0.2, 0.25) is 0 Å². The number of carbonyl (C=O) groups is 2. The molecule has 6 nitrogen and oxygen atoms in total. The van der Waals surface area contributed by atoms with Crippen LogP contribution >= 0.6 is 0 Å². The average Bonchev–Trinajstić information content (AvgIpc) is 2.47. The summed E-state index contributed by atoms with van der Waals surface area (Å²) in [7, 11) is 0. The van der Waals surface area contributed by atoms with E-state index in [0.717, 1.165) is 6.07 Å². The Kier molecular flexibility index (Phi) is 7.57. The maximum atomic E-state index is 13.0. The fraction of sp³-hybridized carbons (Fsp3) is 0.286. The van der Waals surface area contributed by atoms with E-state index in [1.807, 2.05) is 13.8 Å². The molecule has 0 aliphatic rings. The van der Waals surface area contributed by atoms with Crippen LogP contribution in [0.4, 0.5) is 14.5 Å². The van der Waals surface area contributed by atoms with Gasteiger partial charge in [0.25, 0.3) is 0 Å². The van der Waals surface area contributed by atoms with Gasteiger partial charge in [-0.3, -0.25) is 0 Å². The summed E-state index contributed by atoms with van der Waals surface area (Å²) < 4.78 is 25.6. The highest BCUT2D eigenvalue weighted by atomic mass is 19.2. The van der Waals surface area contributed by atoms with Gasteiger partial charge in [-0.2, -0.15) is 4.39 Å². The van der Waals surface area contributed by atoms with Crippen LogP contribution in [0, 0.1) is 11.6 Å². The summed E-state index contributed by atoms with van der Waals surface area (Å²) in [6.45, 7) is 7.66. The number of carboxylic acid groups (broad SMARTS) is 2. The summed E-state index contributed by atoms with van der Waals surface area (Å²) in [5, 5.41) is 28.4. The number of anilines is 1. The van der Waals surface area contributed by atoms with E-state index in [-0.39, 0.29) is 0 Å². The maximum Gasteiger partial charge on any atom is 0.202 e. The zero-order valence-electron chi connectivity index (χ0n) is 12.1. The highest BCUT2D eigenvalue weighted by molar-refractivity contribution is 6.09. The van der Waals surface area contributed by atoms with Crippen molar-refractivity contribution < 1.29 is 33.7 Å². The number of aromatic hydroxyl groups is 1. The molecule has 0 spiro atoms. The van der Waals surface area contributed by atoms with Gasteiger partial charge in [-0.15, -0.1) is 0 Å². The van der Waals surface area contributed by atoms with Gasteiger partial charge < -0.3 is 29.8 Å². The predicted molar refractivity (Wildman–Crippen MR) is 70.7 cm³/mol. The number of nitrogens with zero attached hydrogens (tertiary/aromatic N) is 1. The van der Waals surface area contributed by atoms with E-state index >= 15 is 0 Å². The van der Waals surface area contributed by atoms with Gasteiger partial charge in [-0.05, 0) is 26.0 Å². The number of phenols is 1. The molecule has 0 amide bonds. The van der Waals surface area contributed by atoms with Gasteiger partial charge >= 0.3 is 0 Å². The predicted octanol–water partition coefficient (Wildman–Crippen LogP) is -0.441. The van der Waals surface area contributed by atoms with E-state index < -0.39 is 34.9 Å². The van der Waals surface area contributed by atoms with Crippen LogP contribution in [0.3, 0.4) is 0 Å². The first kappa shape index (κ1) is 19.4. The molecule has 0 saturated heterocycles. The highest BCUT2D eigenvalue weighted by Crippen LogP contribution is 2.31. The van der Waals surface area contributed by atoms with Crippen molar-refractivity contribution in [2.45, 2.75) is 13.8 Å². The second-order valence-corrected chi connectivity index (χ2v) is 3.95. The van der Waals surface area contributed by atoms with Crippen LogP contribution in [-0.4, -0.2) is 30.1 Å². The van der Waals surface area contributed by atoms with Gasteiger partial charge in [0.2, 0.25) is 5.82 Å². The lowest BCUT2D eigenvalue weighted by atomic mass is 10.2. The fourth-order valence-electron chi connectivity index (χ4n) is 1.43. The molecule has 0 fully saturated rings. The lowest BCUT2D eigenvalue weighted by Crippen LogP contribution is -2.35. The molecule has 22 heavy (non-hydrogen) atoms. The van der Waals surface area contributed by atoms with E-state index in [4.69, 9.17) is 0 Å². The van der Waals surface area contributed by atoms with Crippen LogP contribution in [0.25, 0.3) is 0 Å². The van der Waals surface area contributed by atoms with Gasteiger partial charge in [0, 0.05) is 18.7 Å². The number of aliphatic carboxylic acids is 2. The first-order valence-corrected chi connectivity index (χ1v) is 6.20. The van der Waals surface area contributed by atoms with Crippen molar-refractivity contribution in [3.8, 4) is 5.75 Å². The van der Waals surface area contributed by atoms with Crippen LogP contribution in [0.15, 0.2) is 24.3 Å². The molecule has 1 rings (SSSR count). The van der Waals surface area contributed by atoms with Crippen LogP contribution in [-0.2, 0) is 9.59 Å². The molecule has 0 aromatic heterocycles. The number of rotatable bonds is 5. The van der Waals surface area contributed by atoms with E-state index in [9.17, 15) is 33.7 Å². The maximum absolute atomic E-state index is 13.0. The second kappa shape index (κ2) is 8.60. The lowest BCUT2D eigenvalue weighted by molar-refractivity contribution is -0.311. The highest BCUT2D eigenvalue weighted by Gasteiger charge is 2.15. The third kappa shape index (κ3) is 5.04. The Morgan fingerprint density at radius 2 is 1.64 bits per heavy atom. The summed E-state index contributed by atoms with van der Waals surface area (Å²) in [6.07, 6.45) is 0. The van der Waals surface area contributed by atoms with Crippen molar-refractivity contribution in [2.75, 3.05) is 18.0 Å². The zero-order valence-corrected chi connectivity index (χ0v) is 12.1. The van der Waals surface area contributed by atoms with E-state index in [1.165, 1.54) is 6.07 Å². The molecule has 0 bridgehead atoms. The van der Waals surface area contributed by atoms with E-state index in [0.29, 0.717) is 18.8 Å². The van der Waals surface area contributed by atoms with Crippen molar-refractivity contribution >= 4 is 17.6 Å². The zero-order chi connectivity index (χ0) is 17.4. The van der Waals surface area contributed by atoms with Crippen LogP contribution in [0.5, 0.6) is 5.75 Å². The Morgan fingerprint density at radius 1 is 1.18 bits per heavy atom. The van der Waals surface area contributed by atoms with E-state index in [1.54, 1.807) is 4.90 Å². The Bertz CT molecular complexity index is 555. The monoisotopic (exact) mass is 315 g/mol. The molecule has 0 saturated carbocycles. The SMILES string of the molecule is C=C(C(=O)[O-])C(=O)[O-].CCN(CC)c1ccc(F)c(F)c1O. The topological polar surface area (TPSA) is 104 Å². The van der Waals surface area contributed by atoms with Gasteiger partial charge in [-0.25, -0.2) is 4.39 Å². The normalized spacial score (nSPS) is 9.45. The number of carbonyl (C=O) groups excluding carboxylic acids is 2. The minimum absolute atomic E-state index is 0.328. The summed E-state index contributed by atoms with van der Waals surface area (Å²) >= 11 is 0. The van der Waals surface area contributed by atoms with Gasteiger partial charge in [0.15, 0.2) is 11.6 Å². The molecule has 0 radical (unpaired) electrons. The number of halogens is 2. The molecule has 1 aromatic rings. The summed E-state index contributed by atoms with van der Waals surface area (Å²) in [5.74, 6) is -6.46. The van der Waals surface area contributed by atoms with Crippen molar-refractivity contribution in [1.29, 1.82) is 0 Å². The quantitative estimate of drug-likeness (QED) is 0.449.